The normalized spacial score (nSPS) is 50.6. The molecule has 2 heterocycles. The van der Waals surface area contributed by atoms with Crippen LogP contribution in [0.15, 0.2) is 23.3 Å². The zero-order valence-corrected chi connectivity index (χ0v) is 38.9. The van der Waals surface area contributed by atoms with Crippen molar-refractivity contribution in [1.29, 1.82) is 0 Å². The highest BCUT2D eigenvalue weighted by atomic mass is 16.7. The summed E-state index contributed by atoms with van der Waals surface area (Å²) in [5.74, 6) is -0.824. The third-order valence-corrected chi connectivity index (χ3v) is 18.5. The summed E-state index contributed by atoms with van der Waals surface area (Å²) >= 11 is 0. The van der Waals surface area contributed by atoms with Gasteiger partial charge < -0.3 is 90.1 Å². The van der Waals surface area contributed by atoms with E-state index in [0.29, 0.717) is 38.5 Å². The molecule has 0 radical (unpaired) electrons. The van der Waals surface area contributed by atoms with Gasteiger partial charge in [-0.25, -0.2) is 0 Å². The van der Waals surface area contributed by atoms with Crippen LogP contribution in [0, 0.1) is 44.3 Å². The van der Waals surface area contributed by atoms with Crippen molar-refractivity contribution in [2.75, 3.05) is 33.0 Å². The van der Waals surface area contributed by atoms with Crippen LogP contribution >= 0.6 is 0 Å². The Morgan fingerprint density at radius 3 is 2.11 bits per heavy atom. The molecule has 5 aliphatic carbocycles. The number of fused-ring (bicyclic) bond motifs is 6. The average molecular weight is 945 g/mol. The van der Waals surface area contributed by atoms with Gasteiger partial charge in [0, 0.05) is 16.2 Å². The molecule has 19 heteroatoms. The Hall–Kier alpha value is -1.73. The van der Waals surface area contributed by atoms with Gasteiger partial charge in [0.05, 0.1) is 50.2 Å². The van der Waals surface area contributed by atoms with E-state index in [1.807, 2.05) is 6.92 Å². The largest absolute Gasteiger partial charge is 0.462 e. The number of rotatable bonds is 13. The molecule has 66 heavy (non-hydrogen) atoms. The molecule has 2 saturated heterocycles. The van der Waals surface area contributed by atoms with E-state index >= 15 is 0 Å². The highest BCUT2D eigenvalue weighted by Crippen LogP contribution is 2.74. The molecule has 19 nitrogen and oxygen atoms in total. The monoisotopic (exact) mass is 944 g/mol. The molecule has 0 aromatic heterocycles. The predicted molar refractivity (Wildman–Crippen MR) is 229 cm³/mol. The second-order valence-electron chi connectivity index (χ2n) is 22.1. The molecule has 5 fully saturated rings. The minimum atomic E-state index is -1.78. The Balaban J connectivity index is 1.14. The Labute approximate surface area is 385 Å². The van der Waals surface area contributed by atoms with Crippen LogP contribution in [0.3, 0.4) is 0 Å². The Morgan fingerprint density at radius 2 is 1.47 bits per heavy atom. The van der Waals surface area contributed by atoms with Gasteiger partial charge in [-0.3, -0.25) is 4.79 Å². The van der Waals surface area contributed by atoms with Gasteiger partial charge in [0.2, 0.25) is 0 Å². The molecule has 0 aromatic carbocycles. The molecular formula is C47H76O19. The standard InChI is InChI=1S/C47H76O19/c1-22-32(55)38(66-39-36(59)35(58)34(57)27(18-49)64-39)37(60)40(63-22)65-31-10-11-43(3)28(44(31,4)20-50)9-12-45(5)29(43)8-7-23-24-15-42(2,41(61)62-19-26(53)33(56)25(52)17-48)13-14-47(24,21-51)30(54)16-46(23,45)6/h7-8,22,25-40,48-60H,9-21H2,1-6H3/t22-,25-,26+,27-,28+,29-,30-,31+,32+,33-,34-,35+,36-,37-,38+,39+,40+,42-,43+,44+,45-,46-,47-/m1/s1. The first-order valence-corrected chi connectivity index (χ1v) is 23.7. The van der Waals surface area contributed by atoms with Crippen molar-refractivity contribution < 1.29 is 94.9 Å². The molecule has 7 rings (SSSR count). The molecular weight excluding hydrogens is 868 g/mol. The lowest BCUT2D eigenvalue weighted by Crippen LogP contribution is -2.67. The summed E-state index contributed by atoms with van der Waals surface area (Å²) in [4.78, 5) is 13.8. The van der Waals surface area contributed by atoms with Crippen LogP contribution in [0.5, 0.6) is 0 Å². The van der Waals surface area contributed by atoms with Gasteiger partial charge in [0.1, 0.15) is 67.6 Å². The minimum Gasteiger partial charge on any atom is -0.462 e. The molecule has 3 saturated carbocycles. The Morgan fingerprint density at radius 1 is 0.788 bits per heavy atom. The number of hydrogen-bond acceptors (Lipinski definition) is 19. The summed E-state index contributed by atoms with van der Waals surface area (Å²) in [7, 11) is 0. The molecule has 0 aromatic rings. The van der Waals surface area contributed by atoms with Gasteiger partial charge in [-0.15, -0.1) is 0 Å². The lowest BCUT2D eigenvalue weighted by Gasteiger charge is -2.70. The predicted octanol–water partition coefficient (Wildman–Crippen LogP) is -1.72. The van der Waals surface area contributed by atoms with Gasteiger partial charge in [-0.05, 0) is 93.5 Å². The first kappa shape index (κ1) is 52.1. The lowest BCUT2D eigenvalue weighted by atomic mass is 9.35. The highest BCUT2D eigenvalue weighted by Gasteiger charge is 2.69. The van der Waals surface area contributed by atoms with Crippen LogP contribution in [-0.4, -0.2) is 197 Å². The summed E-state index contributed by atoms with van der Waals surface area (Å²) in [6.45, 7) is 9.21. The fraction of sp³-hybridized carbons (Fsp3) is 0.894. The van der Waals surface area contributed by atoms with E-state index < -0.39 is 150 Å². The highest BCUT2D eigenvalue weighted by molar-refractivity contribution is 5.77. The zero-order valence-electron chi connectivity index (χ0n) is 38.9. The van der Waals surface area contributed by atoms with Crippen LogP contribution in [0.25, 0.3) is 0 Å². The van der Waals surface area contributed by atoms with Crippen molar-refractivity contribution in [2.24, 2.45) is 44.3 Å². The number of aliphatic hydroxyl groups excluding tert-OH is 13. The molecule has 0 spiro atoms. The second-order valence-corrected chi connectivity index (χ2v) is 22.1. The number of aliphatic hydroxyl groups is 13. The van der Waals surface area contributed by atoms with E-state index in [4.69, 9.17) is 23.7 Å². The third-order valence-electron chi connectivity index (χ3n) is 18.5. The first-order chi connectivity index (χ1) is 30.9. The summed E-state index contributed by atoms with van der Waals surface area (Å²) in [5.41, 5.74) is -2.75. The summed E-state index contributed by atoms with van der Waals surface area (Å²) < 4.78 is 29.5. The Kier molecular flexibility index (Phi) is 14.8. The van der Waals surface area contributed by atoms with E-state index in [1.54, 1.807) is 13.8 Å². The molecule has 13 N–H and O–H groups in total. The van der Waals surface area contributed by atoms with Crippen LogP contribution in [-0.2, 0) is 28.5 Å². The maximum atomic E-state index is 13.8. The summed E-state index contributed by atoms with van der Waals surface area (Å²) in [6, 6.07) is 0. The van der Waals surface area contributed by atoms with E-state index in [-0.39, 0.29) is 37.9 Å². The third kappa shape index (κ3) is 8.06. The maximum Gasteiger partial charge on any atom is 0.312 e. The van der Waals surface area contributed by atoms with Crippen LogP contribution in [0.1, 0.15) is 92.9 Å². The van der Waals surface area contributed by atoms with E-state index in [0.717, 1.165) is 11.1 Å². The van der Waals surface area contributed by atoms with Crippen LogP contribution < -0.4 is 0 Å². The molecule has 0 unspecified atom stereocenters. The van der Waals surface area contributed by atoms with Crippen molar-refractivity contribution in [3.05, 3.63) is 23.3 Å². The smallest absolute Gasteiger partial charge is 0.312 e. The molecule has 0 amide bonds. The average Bonchev–Trinajstić information content (AvgIpc) is 3.29. The van der Waals surface area contributed by atoms with E-state index in [2.05, 4.69) is 32.9 Å². The number of ether oxygens (including phenoxy) is 5. The molecule has 7 aliphatic rings. The molecule has 378 valence electrons. The van der Waals surface area contributed by atoms with Gasteiger partial charge >= 0.3 is 5.97 Å². The Bertz CT molecular complexity index is 1810. The number of allylic oxidation sites excluding steroid dienone is 3. The van der Waals surface area contributed by atoms with Gasteiger partial charge in [0.15, 0.2) is 12.6 Å². The van der Waals surface area contributed by atoms with E-state index in [9.17, 15) is 71.2 Å². The van der Waals surface area contributed by atoms with Crippen molar-refractivity contribution in [3.63, 3.8) is 0 Å². The lowest BCUT2D eigenvalue weighted by molar-refractivity contribution is -0.367. The number of hydrogen-bond donors (Lipinski definition) is 13. The fourth-order valence-electron chi connectivity index (χ4n) is 13.9. The molecule has 2 aliphatic heterocycles. The zero-order chi connectivity index (χ0) is 48.7. The van der Waals surface area contributed by atoms with Gasteiger partial charge in [-0.1, -0.05) is 45.4 Å². The second kappa shape index (κ2) is 18.8. The number of carbonyl (C=O) groups is 1. The molecule has 0 bridgehead atoms. The fourth-order valence-corrected chi connectivity index (χ4v) is 13.9. The minimum absolute atomic E-state index is 0.0658. The maximum absolute atomic E-state index is 13.8. The summed E-state index contributed by atoms with van der Waals surface area (Å²) in [5, 5.41) is 138. The summed E-state index contributed by atoms with van der Waals surface area (Å²) in [6.07, 6.45) is -13.7. The first-order valence-electron chi connectivity index (χ1n) is 23.7. The SMILES string of the molecule is C[C@H]1O[C@@H](O[C@H]2CC[C@@]3(C)[C@H](CC[C@]4(C)[C@@H]3C=CC3=C5C[C@](C)(C(=O)OC[C@H](O)[C@H](O)[C@H](O)CO)CC[C@]5(CO)[C@H](O)C[C@]34C)[C@]2(C)CO)[C@H](O)[C@@H](O[C@@H]2O[C@H](CO)[C@@H](O)[C@H](O)[C@H]2O)[C@H]1O. The topological polar surface area (TPSA) is 326 Å². The van der Waals surface area contributed by atoms with Gasteiger partial charge in [0.25, 0.3) is 0 Å². The van der Waals surface area contributed by atoms with Crippen LogP contribution in [0.4, 0.5) is 0 Å². The number of esters is 1. The van der Waals surface area contributed by atoms with Crippen molar-refractivity contribution >= 4 is 5.97 Å². The van der Waals surface area contributed by atoms with Crippen LogP contribution in [0.2, 0.25) is 0 Å². The number of carbonyl (C=O) groups excluding carboxylic acids is 1. The van der Waals surface area contributed by atoms with Gasteiger partial charge in [-0.2, -0.15) is 0 Å². The van der Waals surface area contributed by atoms with E-state index in [1.165, 1.54) is 0 Å². The quantitative estimate of drug-likeness (QED) is 0.0721. The van der Waals surface area contributed by atoms with Crippen molar-refractivity contribution in [3.8, 4) is 0 Å². The molecule has 23 atom stereocenters. The van der Waals surface area contributed by atoms with Crippen molar-refractivity contribution in [2.45, 2.75) is 185 Å². The van der Waals surface area contributed by atoms with Crippen molar-refractivity contribution in [1.82, 2.24) is 0 Å².